The molecule has 0 aromatic heterocycles. The Morgan fingerprint density at radius 2 is 1.76 bits per heavy atom. The molecule has 0 spiro atoms. The zero-order chi connectivity index (χ0) is 15.1. The molecule has 110 valence electrons. The van der Waals surface area contributed by atoms with E-state index in [4.69, 9.17) is 0 Å². The van der Waals surface area contributed by atoms with Crippen LogP contribution in [0.5, 0.6) is 0 Å². The maximum atomic E-state index is 11.8. The zero-order valence-corrected chi connectivity index (χ0v) is 12.6. The van der Waals surface area contributed by atoms with Gasteiger partial charge in [-0.2, -0.15) is 0 Å². The maximum absolute atomic E-state index is 11.8. The summed E-state index contributed by atoms with van der Waals surface area (Å²) in [6.07, 6.45) is 0.895. The van der Waals surface area contributed by atoms with Crippen molar-refractivity contribution < 1.29 is 4.79 Å². The number of carbonyl (C=O) groups excluding carboxylic acids is 1. The van der Waals surface area contributed by atoms with Gasteiger partial charge in [0.25, 0.3) is 5.91 Å². The summed E-state index contributed by atoms with van der Waals surface area (Å²) in [6, 6.07) is 15.7. The van der Waals surface area contributed by atoms with Crippen molar-refractivity contribution in [3.05, 3.63) is 65.2 Å². The van der Waals surface area contributed by atoms with Gasteiger partial charge in [0.15, 0.2) is 0 Å². The summed E-state index contributed by atoms with van der Waals surface area (Å²) in [4.78, 5) is 11.8. The fraction of sp³-hybridized carbons (Fsp3) is 0.278. The third kappa shape index (κ3) is 4.63. The van der Waals surface area contributed by atoms with Crippen LogP contribution in [0, 0.1) is 13.8 Å². The van der Waals surface area contributed by atoms with Gasteiger partial charge >= 0.3 is 0 Å². The third-order valence-electron chi connectivity index (χ3n) is 3.38. The second-order valence-electron chi connectivity index (χ2n) is 5.22. The van der Waals surface area contributed by atoms with Gasteiger partial charge in [-0.1, -0.05) is 30.3 Å². The largest absolute Gasteiger partial charge is 0.385 e. The molecule has 0 heterocycles. The number of aryl methyl sites for hydroxylation is 2. The smallest absolute Gasteiger partial charge is 0.251 e. The Morgan fingerprint density at radius 3 is 2.52 bits per heavy atom. The summed E-state index contributed by atoms with van der Waals surface area (Å²) in [5.41, 5.74) is 4.37. The van der Waals surface area contributed by atoms with E-state index in [2.05, 4.69) is 42.7 Å². The van der Waals surface area contributed by atoms with E-state index >= 15 is 0 Å². The molecule has 0 radical (unpaired) electrons. The number of anilines is 1. The average molecular weight is 282 g/mol. The predicted molar refractivity (Wildman–Crippen MR) is 87.8 cm³/mol. The van der Waals surface area contributed by atoms with Crippen LogP contribution in [0.25, 0.3) is 0 Å². The Bertz CT molecular complexity index is 593. The van der Waals surface area contributed by atoms with Crippen molar-refractivity contribution in [3.63, 3.8) is 0 Å². The van der Waals surface area contributed by atoms with E-state index in [1.165, 1.54) is 16.8 Å². The van der Waals surface area contributed by atoms with Crippen LogP contribution in [0.3, 0.4) is 0 Å². The van der Waals surface area contributed by atoms with E-state index < -0.39 is 0 Å². The average Bonchev–Trinajstić information content (AvgIpc) is 2.51. The highest BCUT2D eigenvalue weighted by Crippen LogP contribution is 2.15. The molecular weight excluding hydrogens is 260 g/mol. The van der Waals surface area contributed by atoms with Crippen molar-refractivity contribution in [2.24, 2.45) is 0 Å². The molecule has 0 saturated heterocycles. The van der Waals surface area contributed by atoms with Crippen LogP contribution in [0.15, 0.2) is 48.5 Å². The zero-order valence-electron chi connectivity index (χ0n) is 12.6. The molecule has 0 aliphatic carbocycles. The molecular formula is C18H22N2O. The first kappa shape index (κ1) is 15.1. The first-order valence-corrected chi connectivity index (χ1v) is 7.31. The van der Waals surface area contributed by atoms with Gasteiger partial charge in [-0.15, -0.1) is 0 Å². The summed E-state index contributed by atoms with van der Waals surface area (Å²) < 4.78 is 0. The van der Waals surface area contributed by atoms with Crippen molar-refractivity contribution in [3.8, 4) is 0 Å². The molecule has 2 rings (SSSR count). The minimum absolute atomic E-state index is 0.0117. The van der Waals surface area contributed by atoms with E-state index in [0.717, 1.165) is 13.0 Å². The van der Waals surface area contributed by atoms with Crippen LogP contribution < -0.4 is 10.6 Å². The van der Waals surface area contributed by atoms with Gasteiger partial charge in [-0.05, 0) is 49.6 Å². The third-order valence-corrected chi connectivity index (χ3v) is 3.38. The number of amides is 1. The standard InChI is InChI=1S/C18H22N2O/c1-14-9-10-15(2)17(13-14)19-11-6-12-20-18(21)16-7-4-3-5-8-16/h3-5,7-10,13,19H,6,11-12H2,1-2H3,(H,20,21). The summed E-state index contributed by atoms with van der Waals surface area (Å²) >= 11 is 0. The Labute approximate surface area is 126 Å². The molecule has 0 unspecified atom stereocenters. The fourth-order valence-electron chi connectivity index (χ4n) is 2.13. The molecule has 2 N–H and O–H groups in total. The van der Waals surface area contributed by atoms with Gasteiger partial charge in [0, 0.05) is 24.3 Å². The molecule has 3 heteroatoms. The lowest BCUT2D eigenvalue weighted by Crippen LogP contribution is -2.25. The highest BCUT2D eigenvalue weighted by molar-refractivity contribution is 5.94. The predicted octanol–water partition coefficient (Wildman–Crippen LogP) is 3.54. The van der Waals surface area contributed by atoms with E-state index in [1.54, 1.807) is 0 Å². The molecule has 2 aromatic rings. The van der Waals surface area contributed by atoms with Crippen LogP contribution in [0.2, 0.25) is 0 Å². The number of hydrogen-bond donors (Lipinski definition) is 2. The van der Waals surface area contributed by atoms with Gasteiger partial charge in [-0.3, -0.25) is 4.79 Å². The Balaban J connectivity index is 1.71. The van der Waals surface area contributed by atoms with Crippen molar-refractivity contribution in [1.29, 1.82) is 0 Å². The maximum Gasteiger partial charge on any atom is 0.251 e. The molecule has 0 bridgehead atoms. The normalized spacial score (nSPS) is 10.2. The SMILES string of the molecule is Cc1ccc(C)c(NCCCNC(=O)c2ccccc2)c1. The Hall–Kier alpha value is -2.29. The molecule has 0 aliphatic rings. The van der Waals surface area contributed by atoms with Gasteiger partial charge < -0.3 is 10.6 Å². The summed E-state index contributed by atoms with van der Waals surface area (Å²) in [5, 5.41) is 6.35. The van der Waals surface area contributed by atoms with Crippen LogP contribution in [-0.2, 0) is 0 Å². The molecule has 0 fully saturated rings. The number of benzene rings is 2. The number of carbonyl (C=O) groups is 1. The molecule has 0 aliphatic heterocycles. The van der Waals surface area contributed by atoms with Crippen LogP contribution >= 0.6 is 0 Å². The number of nitrogens with one attached hydrogen (secondary N) is 2. The summed E-state index contributed by atoms with van der Waals surface area (Å²) in [7, 11) is 0. The van der Waals surface area contributed by atoms with Crippen LogP contribution in [0.4, 0.5) is 5.69 Å². The minimum atomic E-state index is -0.0117. The van der Waals surface area contributed by atoms with Crippen LogP contribution in [0.1, 0.15) is 27.9 Å². The number of hydrogen-bond acceptors (Lipinski definition) is 2. The molecule has 0 saturated carbocycles. The quantitative estimate of drug-likeness (QED) is 0.796. The first-order valence-electron chi connectivity index (χ1n) is 7.31. The van der Waals surface area contributed by atoms with E-state index in [1.807, 2.05) is 30.3 Å². The lowest BCUT2D eigenvalue weighted by Gasteiger charge is -2.11. The van der Waals surface area contributed by atoms with Gasteiger partial charge in [0.05, 0.1) is 0 Å². The second kappa shape index (κ2) is 7.48. The first-order chi connectivity index (χ1) is 10.2. The van der Waals surface area contributed by atoms with Gasteiger partial charge in [0.1, 0.15) is 0 Å². The van der Waals surface area contributed by atoms with Crippen molar-refractivity contribution in [2.75, 3.05) is 18.4 Å². The van der Waals surface area contributed by atoms with Crippen molar-refractivity contribution >= 4 is 11.6 Å². The van der Waals surface area contributed by atoms with Crippen LogP contribution in [-0.4, -0.2) is 19.0 Å². The minimum Gasteiger partial charge on any atom is -0.385 e. The topological polar surface area (TPSA) is 41.1 Å². The molecule has 0 atom stereocenters. The molecule has 1 amide bonds. The van der Waals surface area contributed by atoms with Gasteiger partial charge in [-0.25, -0.2) is 0 Å². The number of rotatable bonds is 6. The highest BCUT2D eigenvalue weighted by Gasteiger charge is 2.03. The van der Waals surface area contributed by atoms with E-state index in [-0.39, 0.29) is 5.91 Å². The fourth-order valence-corrected chi connectivity index (χ4v) is 2.13. The Morgan fingerprint density at radius 1 is 1.00 bits per heavy atom. The monoisotopic (exact) mass is 282 g/mol. The van der Waals surface area contributed by atoms with Gasteiger partial charge in [0.2, 0.25) is 0 Å². The molecule has 21 heavy (non-hydrogen) atoms. The van der Waals surface area contributed by atoms with Crippen molar-refractivity contribution in [2.45, 2.75) is 20.3 Å². The highest BCUT2D eigenvalue weighted by atomic mass is 16.1. The van der Waals surface area contributed by atoms with E-state index in [0.29, 0.717) is 12.1 Å². The molecule has 2 aromatic carbocycles. The second-order valence-corrected chi connectivity index (χ2v) is 5.22. The summed E-state index contributed by atoms with van der Waals surface area (Å²) in [6.45, 7) is 5.70. The lowest BCUT2D eigenvalue weighted by atomic mass is 10.1. The lowest BCUT2D eigenvalue weighted by molar-refractivity contribution is 0.0953. The Kier molecular flexibility index (Phi) is 5.38. The van der Waals surface area contributed by atoms with Crippen molar-refractivity contribution in [1.82, 2.24) is 5.32 Å². The molecule has 3 nitrogen and oxygen atoms in total. The van der Waals surface area contributed by atoms with E-state index in [9.17, 15) is 4.79 Å². The summed E-state index contributed by atoms with van der Waals surface area (Å²) in [5.74, 6) is -0.0117.